The Kier molecular flexibility index (Phi) is 5.79. The fourth-order valence-electron chi connectivity index (χ4n) is 2.87. The van der Waals surface area contributed by atoms with Crippen molar-refractivity contribution < 1.29 is 4.74 Å². The molecule has 17 heavy (non-hydrogen) atoms. The summed E-state index contributed by atoms with van der Waals surface area (Å²) in [5, 5.41) is 3.71. The van der Waals surface area contributed by atoms with Gasteiger partial charge >= 0.3 is 0 Å². The second kappa shape index (κ2) is 7.38. The number of hydrogen-bond acceptors (Lipinski definition) is 2. The zero-order chi connectivity index (χ0) is 11.9. The van der Waals surface area contributed by atoms with Crippen LogP contribution in [0, 0.1) is 11.8 Å². The number of rotatable bonds is 8. The van der Waals surface area contributed by atoms with E-state index in [0.29, 0.717) is 6.04 Å². The first-order chi connectivity index (χ1) is 8.40. The maximum atomic E-state index is 5.91. The largest absolute Gasteiger partial charge is 0.380 e. The Labute approximate surface area is 107 Å². The van der Waals surface area contributed by atoms with E-state index >= 15 is 0 Å². The summed E-state index contributed by atoms with van der Waals surface area (Å²) < 4.78 is 5.91. The van der Waals surface area contributed by atoms with Gasteiger partial charge in [0.05, 0.1) is 6.61 Å². The maximum Gasteiger partial charge on any atom is 0.0622 e. The smallest absolute Gasteiger partial charge is 0.0622 e. The molecular weight excluding hydrogens is 210 g/mol. The molecule has 1 N–H and O–H groups in total. The van der Waals surface area contributed by atoms with Crippen molar-refractivity contribution >= 4 is 0 Å². The molecule has 0 heterocycles. The second-order valence-electron chi connectivity index (χ2n) is 5.94. The van der Waals surface area contributed by atoms with Crippen molar-refractivity contribution in [1.82, 2.24) is 5.32 Å². The molecule has 2 heteroatoms. The lowest BCUT2D eigenvalue weighted by Crippen LogP contribution is -2.41. The van der Waals surface area contributed by atoms with E-state index in [1.54, 1.807) is 0 Å². The Hall–Kier alpha value is -0.0800. The standard InChI is InChI=1S/C15H29NO/c1-2-10-16-15(12-17-11-13-8-9-13)14-6-4-3-5-7-14/h13-16H,2-12H2,1H3. The fourth-order valence-corrected chi connectivity index (χ4v) is 2.87. The molecule has 2 fully saturated rings. The summed E-state index contributed by atoms with van der Waals surface area (Å²) in [4.78, 5) is 0. The van der Waals surface area contributed by atoms with Gasteiger partial charge in [-0.15, -0.1) is 0 Å². The first kappa shape index (κ1) is 13.4. The Bertz CT molecular complexity index is 197. The third-order valence-corrected chi connectivity index (χ3v) is 4.22. The summed E-state index contributed by atoms with van der Waals surface area (Å²) in [5.74, 6) is 1.77. The van der Waals surface area contributed by atoms with E-state index in [1.165, 1.54) is 51.4 Å². The van der Waals surface area contributed by atoms with Gasteiger partial charge in [-0.05, 0) is 50.5 Å². The molecule has 0 bridgehead atoms. The highest BCUT2D eigenvalue weighted by atomic mass is 16.5. The lowest BCUT2D eigenvalue weighted by Gasteiger charge is -2.31. The molecule has 0 amide bonds. The van der Waals surface area contributed by atoms with Crippen molar-refractivity contribution in [2.45, 2.75) is 64.3 Å². The second-order valence-corrected chi connectivity index (χ2v) is 5.94. The van der Waals surface area contributed by atoms with E-state index in [4.69, 9.17) is 4.74 Å². The number of hydrogen-bond donors (Lipinski definition) is 1. The van der Waals surface area contributed by atoms with Crippen LogP contribution < -0.4 is 5.32 Å². The van der Waals surface area contributed by atoms with E-state index < -0.39 is 0 Å². The molecule has 0 radical (unpaired) electrons. The van der Waals surface area contributed by atoms with Crippen LogP contribution in [0.25, 0.3) is 0 Å². The lowest BCUT2D eigenvalue weighted by atomic mass is 9.84. The van der Waals surface area contributed by atoms with Crippen LogP contribution in [0.5, 0.6) is 0 Å². The van der Waals surface area contributed by atoms with E-state index in [2.05, 4.69) is 12.2 Å². The molecule has 0 aromatic heterocycles. The third-order valence-electron chi connectivity index (χ3n) is 4.22. The zero-order valence-corrected chi connectivity index (χ0v) is 11.4. The monoisotopic (exact) mass is 239 g/mol. The molecule has 1 atom stereocenters. The van der Waals surface area contributed by atoms with Gasteiger partial charge in [-0.25, -0.2) is 0 Å². The van der Waals surface area contributed by atoms with Gasteiger partial charge in [-0.2, -0.15) is 0 Å². The average Bonchev–Trinajstić information content (AvgIpc) is 3.19. The van der Waals surface area contributed by atoms with Gasteiger partial charge in [0.1, 0.15) is 0 Å². The van der Waals surface area contributed by atoms with Gasteiger partial charge in [-0.3, -0.25) is 0 Å². The summed E-state index contributed by atoms with van der Waals surface area (Å²) in [7, 11) is 0. The minimum Gasteiger partial charge on any atom is -0.380 e. The number of ether oxygens (including phenoxy) is 1. The van der Waals surface area contributed by atoms with Crippen LogP contribution in [0.4, 0.5) is 0 Å². The topological polar surface area (TPSA) is 21.3 Å². The first-order valence-electron chi connectivity index (χ1n) is 7.71. The lowest BCUT2D eigenvalue weighted by molar-refractivity contribution is 0.0777. The summed E-state index contributed by atoms with van der Waals surface area (Å²) >= 11 is 0. The predicted molar refractivity (Wildman–Crippen MR) is 72.2 cm³/mol. The molecule has 0 aromatic rings. The van der Waals surface area contributed by atoms with Crippen LogP contribution in [0.1, 0.15) is 58.3 Å². The average molecular weight is 239 g/mol. The van der Waals surface area contributed by atoms with E-state index in [0.717, 1.165) is 31.6 Å². The molecular formula is C15H29NO. The Morgan fingerprint density at radius 1 is 1.12 bits per heavy atom. The Morgan fingerprint density at radius 3 is 2.53 bits per heavy atom. The molecule has 0 aliphatic heterocycles. The van der Waals surface area contributed by atoms with Crippen LogP contribution in [-0.2, 0) is 4.74 Å². The van der Waals surface area contributed by atoms with Crippen LogP contribution in [-0.4, -0.2) is 25.8 Å². The minimum absolute atomic E-state index is 0.619. The molecule has 2 aliphatic carbocycles. The highest BCUT2D eigenvalue weighted by molar-refractivity contribution is 4.80. The summed E-state index contributed by atoms with van der Waals surface area (Å²) in [6, 6.07) is 0.619. The van der Waals surface area contributed by atoms with Crippen molar-refractivity contribution in [2.24, 2.45) is 11.8 Å². The molecule has 0 aromatic carbocycles. The van der Waals surface area contributed by atoms with Crippen LogP contribution in [0.3, 0.4) is 0 Å². The first-order valence-corrected chi connectivity index (χ1v) is 7.71. The Balaban J connectivity index is 1.69. The molecule has 1 unspecified atom stereocenters. The molecule has 2 saturated carbocycles. The van der Waals surface area contributed by atoms with E-state index in [-0.39, 0.29) is 0 Å². The quantitative estimate of drug-likeness (QED) is 0.701. The normalized spacial score (nSPS) is 23.8. The van der Waals surface area contributed by atoms with Crippen molar-refractivity contribution in [2.75, 3.05) is 19.8 Å². The van der Waals surface area contributed by atoms with E-state index in [9.17, 15) is 0 Å². The highest BCUT2D eigenvalue weighted by Gasteiger charge is 2.25. The third kappa shape index (κ3) is 4.97. The maximum absolute atomic E-state index is 5.91. The van der Waals surface area contributed by atoms with Gasteiger partial charge in [0.15, 0.2) is 0 Å². The van der Waals surface area contributed by atoms with Gasteiger partial charge < -0.3 is 10.1 Å². The molecule has 2 rings (SSSR count). The number of nitrogens with one attached hydrogen (secondary N) is 1. The van der Waals surface area contributed by atoms with Crippen LogP contribution >= 0.6 is 0 Å². The zero-order valence-electron chi connectivity index (χ0n) is 11.4. The van der Waals surface area contributed by atoms with Gasteiger partial charge in [-0.1, -0.05) is 26.2 Å². The van der Waals surface area contributed by atoms with Gasteiger partial charge in [0, 0.05) is 12.6 Å². The molecule has 2 aliphatic rings. The molecule has 0 saturated heterocycles. The van der Waals surface area contributed by atoms with Gasteiger partial charge in [0.2, 0.25) is 0 Å². The fraction of sp³-hybridized carbons (Fsp3) is 1.00. The van der Waals surface area contributed by atoms with Crippen LogP contribution in [0.15, 0.2) is 0 Å². The van der Waals surface area contributed by atoms with Crippen LogP contribution in [0.2, 0.25) is 0 Å². The van der Waals surface area contributed by atoms with Crippen molar-refractivity contribution in [3.8, 4) is 0 Å². The SMILES string of the molecule is CCCNC(COCC1CC1)C1CCCCC1. The van der Waals surface area contributed by atoms with E-state index in [1.807, 2.05) is 0 Å². The summed E-state index contributed by atoms with van der Waals surface area (Å²) in [5.41, 5.74) is 0. The molecule has 2 nitrogen and oxygen atoms in total. The van der Waals surface area contributed by atoms with Crippen molar-refractivity contribution in [3.05, 3.63) is 0 Å². The minimum atomic E-state index is 0.619. The van der Waals surface area contributed by atoms with Gasteiger partial charge in [0.25, 0.3) is 0 Å². The predicted octanol–water partition coefficient (Wildman–Crippen LogP) is 3.36. The summed E-state index contributed by atoms with van der Waals surface area (Å²) in [6.07, 6.45) is 11.1. The van der Waals surface area contributed by atoms with Crippen molar-refractivity contribution in [3.63, 3.8) is 0 Å². The summed E-state index contributed by atoms with van der Waals surface area (Å²) in [6.45, 7) is 5.35. The molecule has 100 valence electrons. The highest BCUT2D eigenvalue weighted by Crippen LogP contribution is 2.30. The van der Waals surface area contributed by atoms with Crippen molar-refractivity contribution in [1.29, 1.82) is 0 Å². The molecule has 0 spiro atoms. The Morgan fingerprint density at radius 2 is 1.88 bits per heavy atom.